The van der Waals surface area contributed by atoms with Gasteiger partial charge in [-0.15, -0.1) is 0 Å². The number of oxime groups is 1. The van der Waals surface area contributed by atoms with E-state index in [1.165, 1.54) is 12.1 Å². The van der Waals surface area contributed by atoms with Crippen LogP contribution in [0, 0.1) is 17.6 Å². The second-order valence-corrected chi connectivity index (χ2v) is 7.81. The highest BCUT2D eigenvalue weighted by molar-refractivity contribution is 6.01. The molecule has 0 spiro atoms. The van der Waals surface area contributed by atoms with Crippen molar-refractivity contribution in [2.75, 3.05) is 13.7 Å². The molecule has 5 nitrogen and oxygen atoms in total. The van der Waals surface area contributed by atoms with Gasteiger partial charge >= 0.3 is 0 Å². The quantitative estimate of drug-likeness (QED) is 0.635. The maximum atomic E-state index is 14.2. The van der Waals surface area contributed by atoms with E-state index >= 15 is 0 Å². The third kappa shape index (κ3) is 5.55. The van der Waals surface area contributed by atoms with Crippen molar-refractivity contribution in [1.82, 2.24) is 4.90 Å². The lowest BCUT2D eigenvalue weighted by atomic mass is 10.0. The molecule has 1 aliphatic heterocycles. The fraction of sp³-hybridized carbons (Fsp3) is 0.391. The van der Waals surface area contributed by atoms with E-state index in [9.17, 15) is 13.6 Å². The predicted octanol–water partition coefficient (Wildman–Crippen LogP) is 4.54. The molecule has 160 valence electrons. The number of hydrogen-bond donors (Lipinski definition) is 0. The van der Waals surface area contributed by atoms with Crippen LogP contribution < -0.4 is 4.74 Å². The molecule has 3 rings (SSSR count). The van der Waals surface area contributed by atoms with E-state index in [1.807, 2.05) is 38.1 Å². The maximum absolute atomic E-state index is 14.2. The van der Waals surface area contributed by atoms with E-state index in [-0.39, 0.29) is 36.6 Å². The highest BCUT2D eigenvalue weighted by atomic mass is 19.1. The fourth-order valence-corrected chi connectivity index (χ4v) is 3.31. The van der Waals surface area contributed by atoms with Crippen molar-refractivity contribution in [3.05, 3.63) is 65.2 Å². The Balaban J connectivity index is 1.69. The first-order valence-electron chi connectivity index (χ1n) is 9.94. The van der Waals surface area contributed by atoms with Crippen molar-refractivity contribution in [1.29, 1.82) is 0 Å². The molecule has 0 saturated carbocycles. The van der Waals surface area contributed by atoms with Crippen LogP contribution in [0.15, 0.2) is 47.6 Å². The van der Waals surface area contributed by atoms with E-state index in [4.69, 9.17) is 9.57 Å². The zero-order valence-corrected chi connectivity index (χ0v) is 17.4. The van der Waals surface area contributed by atoms with Gasteiger partial charge in [0, 0.05) is 31.0 Å². The first-order valence-corrected chi connectivity index (χ1v) is 9.94. The zero-order valence-electron chi connectivity index (χ0n) is 17.4. The van der Waals surface area contributed by atoms with Crippen LogP contribution in [0.25, 0.3) is 0 Å². The molecule has 0 aliphatic carbocycles. The molecular formula is C23H26F2N2O3. The normalized spacial score (nSPS) is 15.7. The molecule has 2 aromatic carbocycles. The van der Waals surface area contributed by atoms with Crippen molar-refractivity contribution in [3.63, 3.8) is 0 Å². The molecule has 0 saturated heterocycles. The molecule has 30 heavy (non-hydrogen) atoms. The number of carbonyl (C=O) groups excluding carboxylic acids is 1. The Morgan fingerprint density at radius 2 is 1.97 bits per heavy atom. The van der Waals surface area contributed by atoms with Gasteiger partial charge in [0.15, 0.2) is 6.10 Å². The molecule has 0 aromatic heterocycles. The van der Waals surface area contributed by atoms with E-state index in [0.717, 1.165) is 23.1 Å². The van der Waals surface area contributed by atoms with E-state index in [0.29, 0.717) is 12.8 Å². The lowest BCUT2D eigenvalue weighted by molar-refractivity contribution is -0.134. The average Bonchev–Trinajstić information content (AvgIpc) is 3.17. The minimum Gasteiger partial charge on any atom is -0.497 e. The SMILES string of the molecule is COc1ccc(C2=NO[C@@H](CN(Cc3ccc(F)cc3F)C(=O)CC(C)C)C2)cc1. The number of halogens is 2. The van der Waals surface area contributed by atoms with Gasteiger partial charge in [-0.05, 0) is 41.8 Å². The molecule has 1 amide bonds. The van der Waals surface area contributed by atoms with Gasteiger partial charge < -0.3 is 14.5 Å². The molecule has 2 aromatic rings. The van der Waals surface area contributed by atoms with Crippen LogP contribution >= 0.6 is 0 Å². The monoisotopic (exact) mass is 416 g/mol. The molecule has 1 heterocycles. The Kier molecular flexibility index (Phi) is 7.03. The van der Waals surface area contributed by atoms with Crippen LogP contribution in [0.1, 0.15) is 37.8 Å². The van der Waals surface area contributed by atoms with Crippen molar-refractivity contribution >= 4 is 11.6 Å². The van der Waals surface area contributed by atoms with Crippen molar-refractivity contribution in [3.8, 4) is 5.75 Å². The second kappa shape index (κ2) is 9.69. The van der Waals surface area contributed by atoms with Crippen molar-refractivity contribution < 1.29 is 23.1 Å². The lowest BCUT2D eigenvalue weighted by Gasteiger charge is -2.26. The van der Waals surface area contributed by atoms with E-state index in [2.05, 4.69) is 5.16 Å². The summed E-state index contributed by atoms with van der Waals surface area (Å²) in [6, 6.07) is 10.9. The standard InChI is InChI=1S/C23H26F2N2O3/c1-15(2)10-23(28)27(13-17-4-7-18(24)11-21(17)25)14-20-12-22(26-30-20)16-5-8-19(29-3)9-6-16/h4-9,11,15,20H,10,12-14H2,1-3H3/t20-/m1/s1. The Hall–Kier alpha value is -2.96. The molecular weight excluding hydrogens is 390 g/mol. The Labute approximate surface area is 175 Å². The predicted molar refractivity (Wildman–Crippen MR) is 110 cm³/mol. The largest absolute Gasteiger partial charge is 0.497 e. The molecule has 0 N–H and O–H groups in total. The lowest BCUT2D eigenvalue weighted by Crippen LogP contribution is -2.38. The van der Waals surface area contributed by atoms with Crippen molar-refractivity contribution in [2.24, 2.45) is 11.1 Å². The number of amides is 1. The Morgan fingerprint density at radius 1 is 1.23 bits per heavy atom. The van der Waals surface area contributed by atoms with Crippen LogP contribution in [-0.4, -0.2) is 36.3 Å². The molecule has 0 bridgehead atoms. The third-order valence-electron chi connectivity index (χ3n) is 4.89. The summed E-state index contributed by atoms with van der Waals surface area (Å²) in [4.78, 5) is 19.9. The van der Waals surface area contributed by atoms with Crippen LogP contribution in [-0.2, 0) is 16.2 Å². The van der Waals surface area contributed by atoms with Crippen LogP contribution in [0.5, 0.6) is 5.75 Å². The minimum atomic E-state index is -0.667. The third-order valence-corrected chi connectivity index (χ3v) is 4.89. The highest BCUT2D eigenvalue weighted by Gasteiger charge is 2.27. The topological polar surface area (TPSA) is 51.1 Å². The van der Waals surface area contributed by atoms with Gasteiger partial charge in [0.05, 0.1) is 19.4 Å². The zero-order chi connectivity index (χ0) is 21.7. The smallest absolute Gasteiger partial charge is 0.223 e. The summed E-state index contributed by atoms with van der Waals surface area (Å²) in [6.45, 7) is 4.22. The summed E-state index contributed by atoms with van der Waals surface area (Å²) in [5.74, 6) is -0.502. The molecule has 1 aliphatic rings. The maximum Gasteiger partial charge on any atom is 0.223 e. The van der Waals surface area contributed by atoms with Gasteiger partial charge in [0.1, 0.15) is 17.4 Å². The Bertz CT molecular complexity index is 913. The number of benzene rings is 2. The average molecular weight is 416 g/mol. The molecule has 0 unspecified atom stereocenters. The van der Waals surface area contributed by atoms with E-state index in [1.54, 1.807) is 12.0 Å². The van der Waals surface area contributed by atoms with Crippen LogP contribution in [0.4, 0.5) is 8.78 Å². The van der Waals surface area contributed by atoms with Crippen LogP contribution in [0.2, 0.25) is 0 Å². The molecule has 0 fully saturated rings. The summed E-state index contributed by atoms with van der Waals surface area (Å²) in [5.41, 5.74) is 1.97. The molecule has 0 radical (unpaired) electrons. The first-order chi connectivity index (χ1) is 14.4. The summed E-state index contributed by atoms with van der Waals surface area (Å²) < 4.78 is 32.6. The number of rotatable bonds is 8. The first kappa shape index (κ1) is 21.7. The fourth-order valence-electron chi connectivity index (χ4n) is 3.31. The van der Waals surface area contributed by atoms with Crippen molar-refractivity contribution in [2.45, 2.75) is 39.3 Å². The molecule has 7 heteroatoms. The van der Waals surface area contributed by atoms with Gasteiger partial charge in [-0.1, -0.05) is 25.1 Å². The van der Waals surface area contributed by atoms with Gasteiger partial charge in [-0.2, -0.15) is 0 Å². The van der Waals surface area contributed by atoms with Crippen LogP contribution in [0.3, 0.4) is 0 Å². The minimum absolute atomic E-state index is 0.0510. The van der Waals surface area contributed by atoms with Gasteiger partial charge in [0.2, 0.25) is 5.91 Å². The van der Waals surface area contributed by atoms with Gasteiger partial charge in [0.25, 0.3) is 0 Å². The highest BCUT2D eigenvalue weighted by Crippen LogP contribution is 2.22. The number of ether oxygens (including phenoxy) is 1. The summed E-state index contributed by atoms with van der Waals surface area (Å²) in [5, 5.41) is 4.17. The summed E-state index contributed by atoms with van der Waals surface area (Å²) in [7, 11) is 1.61. The summed E-state index contributed by atoms with van der Waals surface area (Å²) >= 11 is 0. The number of methoxy groups -OCH3 is 1. The Morgan fingerprint density at radius 3 is 2.60 bits per heavy atom. The number of nitrogens with zero attached hydrogens (tertiary/aromatic N) is 2. The number of hydrogen-bond acceptors (Lipinski definition) is 4. The van der Waals surface area contributed by atoms with Gasteiger partial charge in [-0.3, -0.25) is 4.79 Å². The van der Waals surface area contributed by atoms with E-state index < -0.39 is 11.6 Å². The van der Waals surface area contributed by atoms with Gasteiger partial charge in [-0.25, -0.2) is 8.78 Å². The second-order valence-electron chi connectivity index (χ2n) is 7.81. The number of carbonyl (C=O) groups is 1. The summed E-state index contributed by atoms with van der Waals surface area (Å²) in [6.07, 6.45) is 0.535. The molecule has 1 atom stereocenters.